The first kappa shape index (κ1) is 13.5. The van der Waals surface area contributed by atoms with Gasteiger partial charge in [0.1, 0.15) is 10.0 Å². The van der Waals surface area contributed by atoms with Crippen molar-refractivity contribution in [1.29, 1.82) is 0 Å². The van der Waals surface area contributed by atoms with Gasteiger partial charge in [0, 0.05) is 6.20 Å². The van der Waals surface area contributed by atoms with Gasteiger partial charge in [-0.25, -0.2) is 9.78 Å². The van der Waals surface area contributed by atoms with E-state index in [4.69, 9.17) is 16.7 Å². The van der Waals surface area contributed by atoms with Crippen LogP contribution in [0.1, 0.15) is 25.6 Å². The Kier molecular flexibility index (Phi) is 3.82. The minimum atomic E-state index is -1.01. The zero-order valence-corrected chi connectivity index (χ0v) is 11.4. The SMILES string of the molecule is Cc1cc(NC(=O)c2cccnc2Cl)sc1C(=O)O. The summed E-state index contributed by atoms with van der Waals surface area (Å²) < 4.78 is 0. The van der Waals surface area contributed by atoms with Gasteiger partial charge in [-0.2, -0.15) is 0 Å². The number of nitrogens with one attached hydrogen (secondary N) is 1. The van der Waals surface area contributed by atoms with Gasteiger partial charge in [0.25, 0.3) is 5.91 Å². The molecule has 1 amide bonds. The second-order valence-corrected chi connectivity index (χ2v) is 5.13. The molecule has 0 aliphatic heterocycles. The summed E-state index contributed by atoms with van der Waals surface area (Å²) in [5.41, 5.74) is 0.845. The van der Waals surface area contributed by atoms with Crippen molar-refractivity contribution in [3.05, 3.63) is 45.6 Å². The largest absolute Gasteiger partial charge is 0.477 e. The monoisotopic (exact) mass is 296 g/mol. The molecule has 0 bridgehead atoms. The normalized spacial score (nSPS) is 10.2. The van der Waals surface area contributed by atoms with Crippen molar-refractivity contribution >= 4 is 39.8 Å². The summed E-state index contributed by atoms with van der Waals surface area (Å²) >= 11 is 6.81. The Bertz CT molecular complexity index is 654. The lowest BCUT2D eigenvalue weighted by atomic mass is 10.2. The van der Waals surface area contributed by atoms with Gasteiger partial charge in [-0.05, 0) is 30.7 Å². The first-order valence-electron chi connectivity index (χ1n) is 5.24. The third kappa shape index (κ3) is 2.91. The highest BCUT2D eigenvalue weighted by atomic mass is 35.5. The number of thiophene rings is 1. The van der Waals surface area contributed by atoms with E-state index in [2.05, 4.69) is 10.3 Å². The Hall–Kier alpha value is -1.92. The van der Waals surface area contributed by atoms with Crippen molar-refractivity contribution < 1.29 is 14.7 Å². The van der Waals surface area contributed by atoms with Crippen molar-refractivity contribution in [1.82, 2.24) is 4.98 Å². The molecule has 0 fully saturated rings. The van der Waals surface area contributed by atoms with Gasteiger partial charge in [-0.15, -0.1) is 11.3 Å². The Balaban J connectivity index is 2.22. The highest BCUT2D eigenvalue weighted by Crippen LogP contribution is 2.27. The molecule has 19 heavy (non-hydrogen) atoms. The van der Waals surface area contributed by atoms with E-state index in [-0.39, 0.29) is 15.6 Å². The number of aromatic carboxylic acids is 1. The molecule has 0 aliphatic rings. The number of nitrogens with zero attached hydrogens (tertiary/aromatic N) is 1. The van der Waals surface area contributed by atoms with Crippen LogP contribution in [0.15, 0.2) is 24.4 Å². The average Bonchev–Trinajstić information content (AvgIpc) is 2.70. The molecule has 2 rings (SSSR count). The molecule has 0 saturated heterocycles. The molecular weight excluding hydrogens is 288 g/mol. The standard InChI is InChI=1S/C12H9ClN2O3S/c1-6-5-8(19-9(6)12(17)18)15-11(16)7-3-2-4-14-10(7)13/h2-5H,1H3,(H,15,16)(H,17,18). The van der Waals surface area contributed by atoms with Gasteiger partial charge >= 0.3 is 5.97 Å². The third-order valence-corrected chi connectivity index (χ3v) is 3.79. The number of carbonyl (C=O) groups excluding carboxylic acids is 1. The summed E-state index contributed by atoms with van der Waals surface area (Å²) in [5.74, 6) is -1.43. The molecule has 5 nitrogen and oxygen atoms in total. The minimum absolute atomic E-state index is 0.103. The number of amides is 1. The van der Waals surface area contributed by atoms with Crippen LogP contribution in [-0.2, 0) is 0 Å². The quantitative estimate of drug-likeness (QED) is 0.853. The maximum atomic E-state index is 11.9. The molecule has 0 spiro atoms. The number of rotatable bonds is 3. The van der Waals surface area contributed by atoms with Crippen molar-refractivity contribution in [2.45, 2.75) is 6.92 Å². The molecule has 0 aromatic carbocycles. The summed E-state index contributed by atoms with van der Waals surface area (Å²) in [4.78, 5) is 26.9. The summed E-state index contributed by atoms with van der Waals surface area (Å²) in [6.45, 7) is 1.67. The number of carboxylic acid groups (broad SMARTS) is 1. The first-order valence-corrected chi connectivity index (χ1v) is 6.44. The second kappa shape index (κ2) is 5.38. The lowest BCUT2D eigenvalue weighted by Gasteiger charge is -2.03. The molecule has 0 aliphatic carbocycles. The van der Waals surface area contributed by atoms with Crippen LogP contribution in [0.5, 0.6) is 0 Å². The lowest BCUT2D eigenvalue weighted by Crippen LogP contribution is -2.11. The highest BCUT2D eigenvalue weighted by molar-refractivity contribution is 7.18. The zero-order chi connectivity index (χ0) is 14.0. The van der Waals surface area contributed by atoms with E-state index >= 15 is 0 Å². The molecule has 0 saturated carbocycles. The van der Waals surface area contributed by atoms with E-state index in [1.165, 1.54) is 6.20 Å². The maximum Gasteiger partial charge on any atom is 0.346 e. The number of anilines is 1. The van der Waals surface area contributed by atoms with Crippen LogP contribution in [0, 0.1) is 6.92 Å². The number of hydrogen-bond donors (Lipinski definition) is 2. The second-order valence-electron chi connectivity index (χ2n) is 3.72. The van der Waals surface area contributed by atoms with E-state index in [0.29, 0.717) is 10.6 Å². The fourth-order valence-electron chi connectivity index (χ4n) is 1.49. The number of carbonyl (C=O) groups is 2. The summed E-state index contributed by atoms with van der Waals surface area (Å²) in [7, 11) is 0. The van der Waals surface area contributed by atoms with E-state index < -0.39 is 11.9 Å². The Morgan fingerprint density at radius 1 is 1.47 bits per heavy atom. The van der Waals surface area contributed by atoms with Crippen LogP contribution in [0.25, 0.3) is 0 Å². The maximum absolute atomic E-state index is 11.9. The molecule has 2 N–H and O–H groups in total. The number of aryl methyl sites for hydroxylation is 1. The number of hydrogen-bond acceptors (Lipinski definition) is 4. The van der Waals surface area contributed by atoms with Crippen LogP contribution in [0.3, 0.4) is 0 Å². The van der Waals surface area contributed by atoms with Gasteiger partial charge in [0.2, 0.25) is 0 Å². The average molecular weight is 297 g/mol. The topological polar surface area (TPSA) is 79.3 Å². The minimum Gasteiger partial charge on any atom is -0.477 e. The molecule has 2 aromatic rings. The first-order chi connectivity index (χ1) is 8.99. The third-order valence-electron chi connectivity index (χ3n) is 2.35. The van der Waals surface area contributed by atoms with Crippen LogP contribution in [-0.4, -0.2) is 22.0 Å². The van der Waals surface area contributed by atoms with Gasteiger partial charge in [0.05, 0.1) is 10.6 Å². The summed E-state index contributed by atoms with van der Waals surface area (Å²) in [5, 5.41) is 12.1. The van der Waals surface area contributed by atoms with E-state index in [0.717, 1.165) is 11.3 Å². The van der Waals surface area contributed by atoms with Crippen LogP contribution < -0.4 is 5.32 Å². The van der Waals surface area contributed by atoms with Gasteiger partial charge < -0.3 is 10.4 Å². The van der Waals surface area contributed by atoms with Gasteiger partial charge in [-0.1, -0.05) is 11.6 Å². The van der Waals surface area contributed by atoms with E-state index in [9.17, 15) is 9.59 Å². The predicted octanol–water partition coefficient (Wildman–Crippen LogP) is 3.06. The number of halogens is 1. The molecule has 0 radical (unpaired) electrons. The van der Waals surface area contributed by atoms with Crippen molar-refractivity contribution in [2.24, 2.45) is 0 Å². The molecule has 2 aromatic heterocycles. The van der Waals surface area contributed by atoms with Crippen molar-refractivity contribution in [2.75, 3.05) is 5.32 Å². The molecule has 7 heteroatoms. The Morgan fingerprint density at radius 2 is 2.21 bits per heavy atom. The fourth-order valence-corrected chi connectivity index (χ4v) is 2.60. The smallest absolute Gasteiger partial charge is 0.346 e. The van der Waals surface area contributed by atoms with Gasteiger partial charge in [-0.3, -0.25) is 4.79 Å². The molecule has 98 valence electrons. The lowest BCUT2D eigenvalue weighted by molar-refractivity contribution is 0.0701. The van der Waals surface area contributed by atoms with Crippen molar-refractivity contribution in [3.63, 3.8) is 0 Å². The fraction of sp³-hybridized carbons (Fsp3) is 0.0833. The van der Waals surface area contributed by atoms with E-state index in [1.807, 2.05) is 0 Å². The molecular formula is C12H9ClN2O3S. The summed E-state index contributed by atoms with van der Waals surface area (Å²) in [6.07, 6.45) is 1.48. The Labute approximate surface area is 117 Å². The van der Waals surface area contributed by atoms with Crippen LogP contribution in [0.4, 0.5) is 5.00 Å². The van der Waals surface area contributed by atoms with Crippen LogP contribution in [0.2, 0.25) is 5.15 Å². The molecule has 2 heterocycles. The van der Waals surface area contributed by atoms with E-state index in [1.54, 1.807) is 25.1 Å². The van der Waals surface area contributed by atoms with Crippen molar-refractivity contribution in [3.8, 4) is 0 Å². The summed E-state index contributed by atoms with van der Waals surface area (Å²) in [6, 6.07) is 4.75. The number of pyridine rings is 1. The number of carboxylic acids is 1. The predicted molar refractivity (Wildman–Crippen MR) is 73.2 cm³/mol. The molecule has 0 unspecified atom stereocenters. The highest BCUT2D eigenvalue weighted by Gasteiger charge is 2.16. The Morgan fingerprint density at radius 3 is 2.79 bits per heavy atom. The van der Waals surface area contributed by atoms with Crippen LogP contribution >= 0.6 is 22.9 Å². The number of aromatic nitrogens is 1. The molecule has 0 atom stereocenters. The zero-order valence-electron chi connectivity index (χ0n) is 9.81. The van der Waals surface area contributed by atoms with Gasteiger partial charge in [0.15, 0.2) is 0 Å².